The summed E-state index contributed by atoms with van der Waals surface area (Å²) in [7, 11) is -3.33. The van der Waals surface area contributed by atoms with Gasteiger partial charge in [0, 0.05) is 11.6 Å². The van der Waals surface area contributed by atoms with Gasteiger partial charge >= 0.3 is 0 Å². The zero-order valence-corrected chi connectivity index (χ0v) is 16.4. The maximum Gasteiger partial charge on any atom is 0.178 e. The smallest absolute Gasteiger partial charge is 0.178 e. The van der Waals surface area contributed by atoms with E-state index in [-0.39, 0.29) is 16.6 Å². The second kappa shape index (κ2) is 8.00. The van der Waals surface area contributed by atoms with Crippen LogP contribution in [0.15, 0.2) is 29.2 Å². The first-order valence-electron chi connectivity index (χ1n) is 7.97. The highest BCUT2D eigenvalue weighted by Gasteiger charge is 2.27. The second-order valence-corrected chi connectivity index (χ2v) is 10.5. The van der Waals surface area contributed by atoms with Gasteiger partial charge in [-0.2, -0.15) is 0 Å². The number of benzene rings is 1. The van der Waals surface area contributed by atoms with Gasteiger partial charge in [-0.05, 0) is 41.9 Å². The molecule has 0 N–H and O–H groups in total. The Morgan fingerprint density at radius 2 is 1.78 bits per heavy atom. The third-order valence-corrected chi connectivity index (χ3v) is 5.78. The Bertz CT molecular complexity index is 601. The first kappa shape index (κ1) is 20.5. The summed E-state index contributed by atoms with van der Waals surface area (Å²) in [5.74, 6) is 0.111. The van der Waals surface area contributed by atoms with Crippen molar-refractivity contribution < 1.29 is 13.2 Å². The Morgan fingerprint density at radius 1 is 1.13 bits per heavy atom. The lowest BCUT2D eigenvalue weighted by molar-refractivity contribution is 0.0649. The Balaban J connectivity index is 2.54. The van der Waals surface area contributed by atoms with Crippen LogP contribution in [0, 0.1) is 10.8 Å². The average molecular weight is 361 g/mol. The van der Waals surface area contributed by atoms with Crippen LogP contribution in [0.25, 0.3) is 0 Å². The van der Waals surface area contributed by atoms with Crippen molar-refractivity contribution in [2.45, 2.75) is 52.4 Å². The van der Waals surface area contributed by atoms with E-state index >= 15 is 0 Å². The van der Waals surface area contributed by atoms with E-state index in [0.29, 0.717) is 23.1 Å². The van der Waals surface area contributed by atoms with Gasteiger partial charge in [0.05, 0.1) is 17.3 Å². The Morgan fingerprint density at radius 3 is 2.35 bits per heavy atom. The number of ether oxygens (including phenoxy) is 1. The maximum absolute atomic E-state index is 12.5. The molecule has 0 aliphatic carbocycles. The number of halogens is 1. The van der Waals surface area contributed by atoms with Gasteiger partial charge in [0.2, 0.25) is 0 Å². The zero-order valence-electron chi connectivity index (χ0n) is 14.9. The van der Waals surface area contributed by atoms with Crippen molar-refractivity contribution in [3.05, 3.63) is 29.3 Å². The monoisotopic (exact) mass is 360 g/mol. The van der Waals surface area contributed by atoms with Crippen molar-refractivity contribution in [3.63, 3.8) is 0 Å². The van der Waals surface area contributed by atoms with Crippen LogP contribution in [0.1, 0.15) is 47.5 Å². The average Bonchev–Trinajstić information content (AvgIpc) is 2.35. The molecular weight excluding hydrogens is 332 g/mol. The normalized spacial score (nSPS) is 13.3. The summed E-state index contributed by atoms with van der Waals surface area (Å²) >= 11 is 5.90. The van der Waals surface area contributed by atoms with E-state index in [0.717, 1.165) is 12.8 Å². The molecule has 0 amide bonds. The first-order valence-corrected chi connectivity index (χ1v) is 10.0. The van der Waals surface area contributed by atoms with Crippen LogP contribution in [-0.2, 0) is 14.6 Å². The van der Waals surface area contributed by atoms with Gasteiger partial charge < -0.3 is 4.74 Å². The predicted molar refractivity (Wildman–Crippen MR) is 96.8 cm³/mol. The highest BCUT2D eigenvalue weighted by molar-refractivity contribution is 7.91. The maximum atomic E-state index is 12.5. The minimum Gasteiger partial charge on any atom is -0.381 e. The molecule has 0 bridgehead atoms. The minimum atomic E-state index is -3.33. The SMILES string of the molecule is CC(C)(C)COCCCC(C)(C)CS(=O)(=O)c1cccc(Cl)c1. The Kier molecular flexibility index (Phi) is 7.12. The van der Waals surface area contributed by atoms with Crippen molar-refractivity contribution >= 4 is 21.4 Å². The number of sulfone groups is 1. The topological polar surface area (TPSA) is 43.4 Å². The Hall–Kier alpha value is -0.580. The summed E-state index contributed by atoms with van der Waals surface area (Å²) in [6.07, 6.45) is 1.66. The van der Waals surface area contributed by atoms with Gasteiger partial charge in [0.15, 0.2) is 9.84 Å². The van der Waals surface area contributed by atoms with Gasteiger partial charge in [-0.1, -0.05) is 52.3 Å². The van der Waals surface area contributed by atoms with Gasteiger partial charge in [0.25, 0.3) is 0 Å². The van der Waals surface area contributed by atoms with E-state index in [1.165, 1.54) is 6.07 Å². The molecule has 0 spiro atoms. The van der Waals surface area contributed by atoms with E-state index in [1.807, 2.05) is 13.8 Å². The van der Waals surface area contributed by atoms with Gasteiger partial charge in [0.1, 0.15) is 0 Å². The van der Waals surface area contributed by atoms with E-state index in [1.54, 1.807) is 18.2 Å². The van der Waals surface area contributed by atoms with E-state index in [4.69, 9.17) is 16.3 Å². The summed E-state index contributed by atoms with van der Waals surface area (Å²) in [5.41, 5.74) is -0.141. The van der Waals surface area contributed by atoms with Gasteiger partial charge in [-0.15, -0.1) is 0 Å². The molecule has 0 saturated heterocycles. The minimum absolute atomic E-state index is 0.111. The molecule has 132 valence electrons. The van der Waals surface area contributed by atoms with Crippen molar-refractivity contribution in [2.75, 3.05) is 19.0 Å². The molecule has 0 atom stereocenters. The van der Waals surface area contributed by atoms with Crippen LogP contribution in [0.4, 0.5) is 0 Å². The molecule has 0 aromatic heterocycles. The lowest BCUT2D eigenvalue weighted by Gasteiger charge is -2.25. The van der Waals surface area contributed by atoms with Crippen LogP contribution in [-0.4, -0.2) is 27.4 Å². The Labute approximate surface area is 146 Å². The number of hydrogen-bond donors (Lipinski definition) is 0. The summed E-state index contributed by atoms with van der Waals surface area (Å²) in [6.45, 7) is 11.8. The van der Waals surface area contributed by atoms with Crippen molar-refractivity contribution in [1.82, 2.24) is 0 Å². The molecule has 0 unspecified atom stereocenters. The quantitative estimate of drug-likeness (QED) is 0.614. The molecule has 0 heterocycles. The highest BCUT2D eigenvalue weighted by Crippen LogP contribution is 2.28. The number of rotatable bonds is 8. The molecule has 0 fully saturated rings. The molecule has 5 heteroatoms. The molecule has 1 aromatic rings. The largest absolute Gasteiger partial charge is 0.381 e. The molecule has 3 nitrogen and oxygen atoms in total. The molecule has 0 radical (unpaired) electrons. The van der Waals surface area contributed by atoms with Crippen molar-refractivity contribution in [2.24, 2.45) is 10.8 Å². The molecule has 23 heavy (non-hydrogen) atoms. The van der Waals surface area contributed by atoms with Crippen LogP contribution in [0.2, 0.25) is 5.02 Å². The third-order valence-electron chi connectivity index (χ3n) is 3.41. The summed E-state index contributed by atoms with van der Waals surface area (Å²) < 4.78 is 30.7. The van der Waals surface area contributed by atoms with Gasteiger partial charge in [-0.3, -0.25) is 0 Å². The summed E-state index contributed by atoms with van der Waals surface area (Å²) in [5, 5.41) is 0.444. The van der Waals surface area contributed by atoms with Crippen LogP contribution in [0.5, 0.6) is 0 Å². The molecule has 1 aromatic carbocycles. The molecule has 0 saturated carbocycles. The predicted octanol–water partition coefficient (Wildman–Crippen LogP) is 4.98. The van der Waals surface area contributed by atoms with Crippen molar-refractivity contribution in [3.8, 4) is 0 Å². The van der Waals surface area contributed by atoms with Crippen LogP contribution in [0.3, 0.4) is 0 Å². The first-order chi connectivity index (χ1) is 10.4. The second-order valence-electron chi connectivity index (χ2n) is 8.10. The molecule has 1 rings (SSSR count). The van der Waals surface area contributed by atoms with E-state index in [9.17, 15) is 8.42 Å². The lowest BCUT2D eigenvalue weighted by atomic mass is 9.90. The fraction of sp³-hybridized carbons (Fsp3) is 0.667. The molecule has 0 aliphatic heterocycles. The fourth-order valence-electron chi connectivity index (χ4n) is 2.36. The standard InChI is InChI=1S/C18H29ClO3S/c1-17(2,3)13-22-11-7-10-18(4,5)14-23(20,21)16-9-6-8-15(19)12-16/h6,8-9,12H,7,10-11,13-14H2,1-5H3. The molecule has 0 aliphatic rings. The van der Waals surface area contributed by atoms with Crippen LogP contribution >= 0.6 is 11.6 Å². The zero-order chi connectivity index (χ0) is 17.7. The summed E-state index contributed by atoms with van der Waals surface area (Å²) in [6, 6.07) is 6.46. The number of hydrogen-bond acceptors (Lipinski definition) is 3. The summed E-state index contributed by atoms with van der Waals surface area (Å²) in [4.78, 5) is 0.294. The van der Waals surface area contributed by atoms with Gasteiger partial charge in [-0.25, -0.2) is 8.42 Å². The fourth-order valence-corrected chi connectivity index (χ4v) is 4.55. The van der Waals surface area contributed by atoms with Crippen molar-refractivity contribution in [1.29, 1.82) is 0 Å². The van der Waals surface area contributed by atoms with E-state index in [2.05, 4.69) is 20.8 Å². The highest BCUT2D eigenvalue weighted by atomic mass is 35.5. The van der Waals surface area contributed by atoms with E-state index < -0.39 is 9.84 Å². The van der Waals surface area contributed by atoms with Crippen LogP contribution < -0.4 is 0 Å². The molecular formula is C18H29ClO3S. The lowest BCUT2D eigenvalue weighted by Crippen LogP contribution is -2.25. The third kappa shape index (κ3) is 8.18.